The molecule has 0 amide bonds. The van der Waals surface area contributed by atoms with Crippen LogP contribution in [-0.2, 0) is 0 Å². The van der Waals surface area contributed by atoms with Crippen molar-refractivity contribution >= 4 is 0 Å². The Kier molecular flexibility index (Phi) is 5.98. The maximum absolute atomic E-state index is 2.32. The second kappa shape index (κ2) is 7.09. The summed E-state index contributed by atoms with van der Waals surface area (Å²) in [6, 6.07) is 0. The highest BCUT2D eigenvalue weighted by Gasteiger charge is 2.19. The molecule has 0 spiro atoms. The monoisotopic (exact) mass is 194 g/mol. The van der Waals surface area contributed by atoms with Gasteiger partial charge >= 0.3 is 0 Å². The van der Waals surface area contributed by atoms with E-state index in [0.29, 0.717) is 0 Å². The van der Waals surface area contributed by atoms with Crippen LogP contribution in [0.2, 0.25) is 0 Å². The number of allylic oxidation sites excluding steroid dienone is 2. The zero-order valence-corrected chi connectivity index (χ0v) is 9.97. The van der Waals surface area contributed by atoms with Crippen molar-refractivity contribution < 1.29 is 0 Å². The minimum absolute atomic E-state index is 1.04. The van der Waals surface area contributed by atoms with Crippen LogP contribution >= 0.6 is 0 Å². The first kappa shape index (κ1) is 11.8. The second-order valence-corrected chi connectivity index (χ2v) is 4.82. The molecule has 1 rings (SSSR count). The molecule has 1 aliphatic rings. The fourth-order valence-electron chi connectivity index (χ4n) is 2.72. The maximum Gasteiger partial charge on any atom is -0.0348 e. The van der Waals surface area contributed by atoms with Crippen molar-refractivity contribution in [2.75, 3.05) is 0 Å². The molecule has 0 aromatic heterocycles. The van der Waals surface area contributed by atoms with Crippen LogP contribution in [0.5, 0.6) is 0 Å². The Hall–Kier alpha value is -0.260. The van der Waals surface area contributed by atoms with Gasteiger partial charge in [-0.3, -0.25) is 0 Å². The summed E-state index contributed by atoms with van der Waals surface area (Å²) in [5, 5.41) is 0. The molecule has 0 aliphatic heterocycles. The predicted molar refractivity (Wildman–Crippen MR) is 64.4 cm³/mol. The van der Waals surface area contributed by atoms with E-state index in [1.807, 2.05) is 0 Å². The molecule has 0 radical (unpaired) electrons. The van der Waals surface area contributed by atoms with Crippen LogP contribution < -0.4 is 0 Å². The quantitative estimate of drug-likeness (QED) is 0.543. The number of hydrogen-bond donors (Lipinski definition) is 0. The number of rotatable bonds is 5. The smallest absolute Gasteiger partial charge is 0.0348 e. The normalized spacial score (nSPS) is 28.4. The molecule has 1 aliphatic carbocycles. The molecule has 0 aromatic rings. The summed E-state index contributed by atoms with van der Waals surface area (Å²) < 4.78 is 0. The highest BCUT2D eigenvalue weighted by Crippen LogP contribution is 2.33. The topological polar surface area (TPSA) is 0 Å². The molecule has 0 heterocycles. The Bertz CT molecular complexity index is 149. The first-order chi connectivity index (χ1) is 6.86. The summed E-state index contributed by atoms with van der Waals surface area (Å²) >= 11 is 0. The average Bonchev–Trinajstić information content (AvgIpc) is 2.21. The molecule has 0 bridgehead atoms. The lowest BCUT2D eigenvalue weighted by Gasteiger charge is -2.28. The largest absolute Gasteiger partial charge is 0.0917 e. The van der Waals surface area contributed by atoms with E-state index in [2.05, 4.69) is 26.0 Å². The molecule has 1 saturated carbocycles. The summed E-state index contributed by atoms with van der Waals surface area (Å²) in [6.07, 6.45) is 16.1. The van der Waals surface area contributed by atoms with Gasteiger partial charge < -0.3 is 0 Å². The maximum atomic E-state index is 2.32. The van der Waals surface area contributed by atoms with Gasteiger partial charge in [-0.05, 0) is 31.6 Å². The molecular formula is C14H26. The van der Waals surface area contributed by atoms with Crippen molar-refractivity contribution in [2.24, 2.45) is 11.8 Å². The summed E-state index contributed by atoms with van der Waals surface area (Å²) in [6.45, 7) is 4.44. The van der Waals surface area contributed by atoms with Gasteiger partial charge in [-0.25, -0.2) is 0 Å². The minimum Gasteiger partial charge on any atom is -0.0917 e. The molecule has 1 fully saturated rings. The van der Waals surface area contributed by atoms with E-state index in [9.17, 15) is 0 Å². The van der Waals surface area contributed by atoms with Gasteiger partial charge in [-0.1, -0.05) is 57.6 Å². The summed E-state index contributed by atoms with van der Waals surface area (Å²) in [5.74, 6) is 2.11. The minimum atomic E-state index is 1.04. The Morgan fingerprint density at radius 2 is 1.57 bits per heavy atom. The van der Waals surface area contributed by atoms with Crippen LogP contribution in [0.3, 0.4) is 0 Å². The van der Waals surface area contributed by atoms with Gasteiger partial charge in [0.1, 0.15) is 0 Å². The fraction of sp³-hybridized carbons (Fsp3) is 0.857. The Labute approximate surface area is 89.8 Å². The van der Waals surface area contributed by atoms with Crippen molar-refractivity contribution in [2.45, 2.75) is 65.2 Å². The van der Waals surface area contributed by atoms with Crippen LogP contribution in [0.25, 0.3) is 0 Å². The van der Waals surface area contributed by atoms with Crippen LogP contribution in [-0.4, -0.2) is 0 Å². The van der Waals surface area contributed by atoms with Gasteiger partial charge in [-0.2, -0.15) is 0 Å². The highest BCUT2D eigenvalue weighted by atomic mass is 14.2. The van der Waals surface area contributed by atoms with Crippen molar-refractivity contribution in [3.63, 3.8) is 0 Å². The first-order valence-corrected chi connectivity index (χ1v) is 6.48. The van der Waals surface area contributed by atoms with Gasteiger partial charge in [0.05, 0.1) is 0 Å². The average molecular weight is 194 g/mol. The predicted octanol–water partition coefficient (Wildman–Crippen LogP) is 4.95. The van der Waals surface area contributed by atoms with E-state index in [0.717, 1.165) is 11.8 Å². The Morgan fingerprint density at radius 3 is 2.07 bits per heavy atom. The third-order valence-corrected chi connectivity index (χ3v) is 3.64. The van der Waals surface area contributed by atoms with E-state index >= 15 is 0 Å². The van der Waals surface area contributed by atoms with Crippen LogP contribution in [0.1, 0.15) is 65.2 Å². The van der Waals surface area contributed by atoms with Crippen molar-refractivity contribution in [1.29, 1.82) is 0 Å². The van der Waals surface area contributed by atoms with Gasteiger partial charge in [0.25, 0.3) is 0 Å². The Balaban J connectivity index is 2.09. The molecular weight excluding hydrogens is 168 g/mol. The van der Waals surface area contributed by atoms with E-state index in [1.165, 1.54) is 51.4 Å². The molecule has 0 atom stereocenters. The van der Waals surface area contributed by atoms with Gasteiger partial charge in [-0.15, -0.1) is 0 Å². The lowest BCUT2D eigenvalue weighted by Crippen LogP contribution is -2.14. The third-order valence-electron chi connectivity index (χ3n) is 3.64. The zero-order valence-electron chi connectivity index (χ0n) is 9.97. The lowest BCUT2D eigenvalue weighted by molar-refractivity contribution is 0.253. The first-order valence-electron chi connectivity index (χ1n) is 6.48. The van der Waals surface area contributed by atoms with Crippen molar-refractivity contribution in [3.05, 3.63) is 12.2 Å². The van der Waals surface area contributed by atoms with Crippen LogP contribution in [0, 0.1) is 11.8 Å². The molecule has 0 nitrogen and oxygen atoms in total. The summed E-state index contributed by atoms with van der Waals surface area (Å²) in [5.41, 5.74) is 0. The van der Waals surface area contributed by atoms with Crippen molar-refractivity contribution in [1.82, 2.24) is 0 Å². The van der Waals surface area contributed by atoms with E-state index in [-0.39, 0.29) is 0 Å². The van der Waals surface area contributed by atoms with Gasteiger partial charge in [0, 0.05) is 0 Å². The second-order valence-electron chi connectivity index (χ2n) is 4.82. The number of hydrogen-bond acceptors (Lipinski definition) is 0. The molecule has 14 heavy (non-hydrogen) atoms. The SMILES string of the molecule is CC=CCCC1CCC(CCC)CC1. The van der Waals surface area contributed by atoms with Gasteiger partial charge in [0.15, 0.2) is 0 Å². The molecule has 0 N–H and O–H groups in total. The fourth-order valence-corrected chi connectivity index (χ4v) is 2.72. The van der Waals surface area contributed by atoms with Crippen molar-refractivity contribution in [3.8, 4) is 0 Å². The lowest BCUT2D eigenvalue weighted by atomic mass is 9.78. The van der Waals surface area contributed by atoms with Crippen LogP contribution in [0.15, 0.2) is 12.2 Å². The standard InChI is InChI=1S/C14H26/c1-3-5-6-8-14-11-9-13(7-4-2)10-12-14/h3,5,13-14H,4,6-12H2,1-2H3. The summed E-state index contributed by atoms with van der Waals surface area (Å²) in [7, 11) is 0. The molecule has 0 aromatic carbocycles. The van der Waals surface area contributed by atoms with E-state index < -0.39 is 0 Å². The molecule has 0 unspecified atom stereocenters. The molecule has 0 heteroatoms. The third kappa shape index (κ3) is 4.30. The van der Waals surface area contributed by atoms with E-state index in [4.69, 9.17) is 0 Å². The van der Waals surface area contributed by atoms with Crippen LogP contribution in [0.4, 0.5) is 0 Å². The Morgan fingerprint density at radius 1 is 1.00 bits per heavy atom. The summed E-state index contributed by atoms with van der Waals surface area (Å²) in [4.78, 5) is 0. The zero-order chi connectivity index (χ0) is 10.2. The molecule has 0 saturated heterocycles. The van der Waals surface area contributed by atoms with E-state index in [1.54, 1.807) is 0 Å². The molecule has 82 valence electrons. The highest BCUT2D eigenvalue weighted by molar-refractivity contribution is 4.80. The van der Waals surface area contributed by atoms with Gasteiger partial charge in [0.2, 0.25) is 0 Å².